The molecule has 1 heterocycles. The zero-order valence-corrected chi connectivity index (χ0v) is 13.1. The van der Waals surface area contributed by atoms with Crippen molar-refractivity contribution in [1.82, 2.24) is 4.90 Å². The summed E-state index contributed by atoms with van der Waals surface area (Å²) in [7, 11) is 0. The number of piperidine rings is 1. The number of ether oxygens (including phenoxy) is 1. The Morgan fingerprint density at radius 3 is 2.48 bits per heavy atom. The van der Waals surface area contributed by atoms with E-state index in [0.717, 1.165) is 44.6 Å². The minimum absolute atomic E-state index is 0.120. The second kappa shape index (κ2) is 7.46. The minimum atomic E-state index is -0.582. The molecule has 0 amide bonds. The summed E-state index contributed by atoms with van der Waals surface area (Å²) in [5.74, 6) is -0.120. The molecule has 0 aromatic heterocycles. The van der Waals surface area contributed by atoms with Crippen LogP contribution < -0.4 is 5.32 Å². The van der Waals surface area contributed by atoms with Crippen molar-refractivity contribution in [3.63, 3.8) is 0 Å². The van der Waals surface area contributed by atoms with Crippen LogP contribution >= 0.6 is 0 Å². The highest BCUT2D eigenvalue weighted by molar-refractivity contribution is 5.84. The molecule has 21 heavy (non-hydrogen) atoms. The van der Waals surface area contributed by atoms with Gasteiger partial charge in [0, 0.05) is 18.8 Å². The number of para-hydroxylation sites is 1. The topological polar surface area (TPSA) is 41.6 Å². The predicted octanol–water partition coefficient (Wildman–Crippen LogP) is 2.91. The van der Waals surface area contributed by atoms with Crippen LogP contribution in [-0.2, 0) is 9.53 Å². The zero-order valence-electron chi connectivity index (χ0n) is 13.1. The molecule has 0 atom stereocenters. The van der Waals surface area contributed by atoms with Gasteiger partial charge in [0.2, 0.25) is 0 Å². The van der Waals surface area contributed by atoms with Gasteiger partial charge in [-0.3, -0.25) is 0 Å². The van der Waals surface area contributed by atoms with E-state index in [0.29, 0.717) is 6.61 Å². The number of hydrogen-bond donors (Lipinski definition) is 1. The standard InChI is InChI=1S/C17H26N2O2/c1-3-12-19-13-10-17(11-14-19,16(20)21-4-2)18-15-8-6-5-7-9-15/h5-9,18H,3-4,10-14H2,1-2H3. The third-order valence-electron chi connectivity index (χ3n) is 4.07. The number of esters is 1. The van der Waals surface area contributed by atoms with Crippen molar-refractivity contribution in [3.8, 4) is 0 Å². The highest BCUT2D eigenvalue weighted by Crippen LogP contribution is 2.28. The van der Waals surface area contributed by atoms with Crippen LogP contribution in [0.4, 0.5) is 5.69 Å². The summed E-state index contributed by atoms with van der Waals surface area (Å²) in [5.41, 5.74) is 0.399. The Balaban J connectivity index is 2.11. The van der Waals surface area contributed by atoms with Crippen molar-refractivity contribution in [3.05, 3.63) is 30.3 Å². The third kappa shape index (κ3) is 3.97. The molecule has 0 bridgehead atoms. The molecule has 0 spiro atoms. The first kappa shape index (κ1) is 15.8. The maximum absolute atomic E-state index is 12.5. The number of hydrogen-bond acceptors (Lipinski definition) is 4. The van der Waals surface area contributed by atoms with E-state index in [1.807, 2.05) is 37.3 Å². The van der Waals surface area contributed by atoms with Crippen LogP contribution in [0.15, 0.2) is 30.3 Å². The molecule has 1 aromatic carbocycles. The molecule has 0 radical (unpaired) electrons. The maximum Gasteiger partial charge on any atom is 0.331 e. The fraction of sp³-hybridized carbons (Fsp3) is 0.588. The van der Waals surface area contributed by atoms with Crippen molar-refractivity contribution >= 4 is 11.7 Å². The van der Waals surface area contributed by atoms with Gasteiger partial charge >= 0.3 is 5.97 Å². The number of carbonyl (C=O) groups excluding carboxylic acids is 1. The van der Waals surface area contributed by atoms with E-state index in [9.17, 15) is 4.79 Å². The maximum atomic E-state index is 12.5. The summed E-state index contributed by atoms with van der Waals surface area (Å²) >= 11 is 0. The molecular formula is C17H26N2O2. The van der Waals surface area contributed by atoms with E-state index in [-0.39, 0.29) is 5.97 Å². The van der Waals surface area contributed by atoms with Crippen LogP contribution in [0.5, 0.6) is 0 Å². The van der Waals surface area contributed by atoms with Gasteiger partial charge in [0.1, 0.15) is 5.54 Å². The Hall–Kier alpha value is -1.55. The van der Waals surface area contributed by atoms with Gasteiger partial charge in [-0.1, -0.05) is 25.1 Å². The number of likely N-dealkylation sites (tertiary alicyclic amines) is 1. The summed E-state index contributed by atoms with van der Waals surface area (Å²) in [6.45, 7) is 7.45. The van der Waals surface area contributed by atoms with Crippen LogP contribution in [0, 0.1) is 0 Å². The van der Waals surface area contributed by atoms with Crippen LogP contribution in [0.25, 0.3) is 0 Å². The number of benzene rings is 1. The largest absolute Gasteiger partial charge is 0.464 e. The minimum Gasteiger partial charge on any atom is -0.464 e. The van der Waals surface area contributed by atoms with Crippen molar-refractivity contribution in [2.75, 3.05) is 31.6 Å². The summed E-state index contributed by atoms with van der Waals surface area (Å²) in [5, 5.41) is 3.44. The number of rotatable bonds is 6. The Bertz CT molecular complexity index is 439. The monoisotopic (exact) mass is 290 g/mol. The first-order valence-corrected chi connectivity index (χ1v) is 7.93. The van der Waals surface area contributed by atoms with Gasteiger partial charge < -0.3 is 15.0 Å². The second-order valence-corrected chi connectivity index (χ2v) is 5.64. The number of nitrogens with one attached hydrogen (secondary N) is 1. The number of anilines is 1. The van der Waals surface area contributed by atoms with Gasteiger partial charge in [0.25, 0.3) is 0 Å². The first-order chi connectivity index (χ1) is 10.2. The molecule has 1 aliphatic heterocycles. The zero-order chi connectivity index (χ0) is 15.1. The van der Waals surface area contributed by atoms with Gasteiger partial charge in [-0.2, -0.15) is 0 Å². The summed E-state index contributed by atoms with van der Waals surface area (Å²) < 4.78 is 5.33. The first-order valence-electron chi connectivity index (χ1n) is 7.93. The fourth-order valence-electron chi connectivity index (χ4n) is 2.92. The molecule has 1 aromatic rings. The summed E-state index contributed by atoms with van der Waals surface area (Å²) in [4.78, 5) is 14.9. The normalized spacial score (nSPS) is 18.2. The quantitative estimate of drug-likeness (QED) is 0.818. The summed E-state index contributed by atoms with van der Waals surface area (Å²) in [6, 6.07) is 9.94. The lowest BCUT2D eigenvalue weighted by atomic mass is 9.87. The molecule has 2 rings (SSSR count). The smallest absolute Gasteiger partial charge is 0.331 e. The predicted molar refractivity (Wildman–Crippen MR) is 85.4 cm³/mol. The molecule has 0 saturated carbocycles. The molecule has 4 heteroatoms. The second-order valence-electron chi connectivity index (χ2n) is 5.64. The van der Waals surface area contributed by atoms with Gasteiger partial charge in [0.15, 0.2) is 0 Å². The third-order valence-corrected chi connectivity index (χ3v) is 4.07. The van der Waals surface area contributed by atoms with E-state index in [1.54, 1.807) is 0 Å². The van der Waals surface area contributed by atoms with E-state index in [4.69, 9.17) is 4.74 Å². The molecule has 1 N–H and O–H groups in total. The van der Waals surface area contributed by atoms with Gasteiger partial charge in [0.05, 0.1) is 6.61 Å². The molecule has 0 aliphatic carbocycles. The van der Waals surface area contributed by atoms with Gasteiger partial charge in [-0.05, 0) is 44.9 Å². The van der Waals surface area contributed by atoms with Gasteiger partial charge in [-0.25, -0.2) is 4.79 Å². The number of carbonyl (C=O) groups is 1. The van der Waals surface area contributed by atoms with Crippen molar-refractivity contribution in [2.24, 2.45) is 0 Å². The fourth-order valence-corrected chi connectivity index (χ4v) is 2.92. The van der Waals surface area contributed by atoms with Crippen molar-refractivity contribution in [2.45, 2.75) is 38.6 Å². The lowest BCUT2D eigenvalue weighted by molar-refractivity contribution is -0.150. The van der Waals surface area contributed by atoms with E-state index in [2.05, 4.69) is 17.1 Å². The Kier molecular flexibility index (Phi) is 5.62. The van der Waals surface area contributed by atoms with E-state index >= 15 is 0 Å². The highest BCUT2D eigenvalue weighted by atomic mass is 16.5. The Labute approximate surface area is 127 Å². The van der Waals surface area contributed by atoms with Crippen LogP contribution in [-0.4, -0.2) is 42.6 Å². The van der Waals surface area contributed by atoms with Crippen molar-refractivity contribution in [1.29, 1.82) is 0 Å². The molecule has 116 valence electrons. The molecule has 1 aliphatic rings. The average molecular weight is 290 g/mol. The average Bonchev–Trinajstić information content (AvgIpc) is 2.51. The number of nitrogens with zero attached hydrogens (tertiary/aromatic N) is 1. The molecule has 0 unspecified atom stereocenters. The van der Waals surface area contributed by atoms with E-state index in [1.165, 1.54) is 0 Å². The SMILES string of the molecule is CCCN1CCC(Nc2ccccc2)(C(=O)OCC)CC1. The Morgan fingerprint density at radius 1 is 1.24 bits per heavy atom. The van der Waals surface area contributed by atoms with Crippen LogP contribution in [0.1, 0.15) is 33.1 Å². The van der Waals surface area contributed by atoms with Gasteiger partial charge in [-0.15, -0.1) is 0 Å². The summed E-state index contributed by atoms with van der Waals surface area (Å²) in [6.07, 6.45) is 2.74. The van der Waals surface area contributed by atoms with E-state index < -0.39 is 5.54 Å². The molecule has 1 saturated heterocycles. The Morgan fingerprint density at radius 2 is 1.90 bits per heavy atom. The molecule has 1 fully saturated rings. The lowest BCUT2D eigenvalue weighted by Crippen LogP contribution is -2.55. The van der Waals surface area contributed by atoms with Crippen molar-refractivity contribution < 1.29 is 9.53 Å². The van der Waals surface area contributed by atoms with Crippen LogP contribution in [0.3, 0.4) is 0 Å². The molecule has 4 nitrogen and oxygen atoms in total. The lowest BCUT2D eigenvalue weighted by Gasteiger charge is -2.40. The molecular weight excluding hydrogens is 264 g/mol. The van der Waals surface area contributed by atoms with Crippen LogP contribution in [0.2, 0.25) is 0 Å². The highest BCUT2D eigenvalue weighted by Gasteiger charge is 2.42.